The Balaban J connectivity index is 1.98. The molecule has 0 radical (unpaired) electrons. The average molecular weight is 338 g/mol. The number of aromatic amines is 2. The molecule has 122 valence electrons. The van der Waals surface area contributed by atoms with Crippen molar-refractivity contribution in [1.29, 1.82) is 0 Å². The van der Waals surface area contributed by atoms with Gasteiger partial charge < -0.3 is 0 Å². The first-order chi connectivity index (χ1) is 11.4. The third-order valence-corrected chi connectivity index (χ3v) is 3.19. The van der Waals surface area contributed by atoms with Crippen LogP contribution in [0.2, 0.25) is 0 Å². The van der Waals surface area contributed by atoms with E-state index in [9.17, 15) is 17.6 Å². The largest absolute Gasteiger partial charge is 0.451 e. The zero-order chi connectivity index (χ0) is 16.9. The normalized spacial score (nSPS) is 12.2. The van der Waals surface area contributed by atoms with Gasteiger partial charge in [0.2, 0.25) is 17.4 Å². The van der Waals surface area contributed by atoms with E-state index in [1.54, 1.807) is 0 Å². The van der Waals surface area contributed by atoms with Crippen LogP contribution < -0.4 is 0 Å². The standard InChI is InChI=1S/C12H6F4N8/c13-6-3-17-11-20-7(9-21-10(23-22-9)12(14,15)16)8(24(11)4-6)5-1-18-19-2-5/h1-4H,(H,18,19)(H,21,22,23). The number of nitrogens with zero attached hydrogens (tertiary/aromatic N) is 6. The zero-order valence-corrected chi connectivity index (χ0v) is 11.5. The first-order valence-electron chi connectivity index (χ1n) is 6.46. The zero-order valence-electron chi connectivity index (χ0n) is 11.5. The van der Waals surface area contributed by atoms with Gasteiger partial charge in [-0.15, -0.1) is 0 Å². The van der Waals surface area contributed by atoms with Gasteiger partial charge in [0.1, 0.15) is 5.69 Å². The van der Waals surface area contributed by atoms with Gasteiger partial charge in [0, 0.05) is 18.0 Å². The number of hydrogen-bond acceptors (Lipinski definition) is 5. The molecule has 0 aliphatic heterocycles. The van der Waals surface area contributed by atoms with Crippen molar-refractivity contribution in [3.05, 3.63) is 36.4 Å². The molecule has 2 N–H and O–H groups in total. The van der Waals surface area contributed by atoms with E-state index in [1.807, 2.05) is 5.10 Å². The number of H-pyrrole nitrogens is 2. The van der Waals surface area contributed by atoms with Crippen LogP contribution in [-0.2, 0) is 6.18 Å². The molecule has 0 unspecified atom stereocenters. The Morgan fingerprint density at radius 3 is 2.62 bits per heavy atom. The van der Waals surface area contributed by atoms with E-state index in [1.165, 1.54) is 16.8 Å². The molecule has 4 aromatic heterocycles. The Morgan fingerprint density at radius 2 is 1.96 bits per heavy atom. The maximum Gasteiger partial charge on any atom is 0.451 e. The first kappa shape index (κ1) is 14.3. The fraction of sp³-hybridized carbons (Fsp3) is 0.0833. The van der Waals surface area contributed by atoms with Gasteiger partial charge >= 0.3 is 6.18 Å². The smallest absolute Gasteiger partial charge is 0.285 e. The predicted octanol–water partition coefficient (Wildman–Crippen LogP) is 2.06. The summed E-state index contributed by atoms with van der Waals surface area (Å²) in [5.74, 6) is -2.10. The van der Waals surface area contributed by atoms with Crippen LogP contribution in [0.5, 0.6) is 0 Å². The highest BCUT2D eigenvalue weighted by Crippen LogP contribution is 2.32. The summed E-state index contributed by atoms with van der Waals surface area (Å²) in [4.78, 5) is 11.3. The second-order valence-corrected chi connectivity index (χ2v) is 4.74. The molecule has 4 heterocycles. The van der Waals surface area contributed by atoms with E-state index < -0.39 is 17.8 Å². The summed E-state index contributed by atoms with van der Waals surface area (Å²) in [6, 6.07) is 0. The second-order valence-electron chi connectivity index (χ2n) is 4.74. The van der Waals surface area contributed by atoms with E-state index in [4.69, 9.17) is 0 Å². The van der Waals surface area contributed by atoms with Crippen molar-refractivity contribution in [3.63, 3.8) is 0 Å². The lowest BCUT2D eigenvalue weighted by atomic mass is 10.2. The van der Waals surface area contributed by atoms with Crippen LogP contribution in [0.3, 0.4) is 0 Å². The van der Waals surface area contributed by atoms with Crippen molar-refractivity contribution in [2.24, 2.45) is 0 Å². The summed E-state index contributed by atoms with van der Waals surface area (Å²) in [6.45, 7) is 0. The molecule has 0 fully saturated rings. The van der Waals surface area contributed by atoms with E-state index in [-0.39, 0.29) is 23.0 Å². The molecule has 24 heavy (non-hydrogen) atoms. The summed E-state index contributed by atoms with van der Waals surface area (Å²) in [5.41, 5.74) is 0.739. The summed E-state index contributed by atoms with van der Waals surface area (Å²) in [6.07, 6.45) is 0.276. The van der Waals surface area contributed by atoms with E-state index in [0.717, 1.165) is 12.4 Å². The van der Waals surface area contributed by atoms with Crippen molar-refractivity contribution < 1.29 is 17.6 Å². The Labute approximate surface area is 129 Å². The topological polar surface area (TPSA) is 100 Å². The third kappa shape index (κ3) is 2.19. The number of rotatable bonds is 2. The molecule has 0 aliphatic carbocycles. The molecule has 0 spiro atoms. The lowest BCUT2D eigenvalue weighted by molar-refractivity contribution is -0.144. The molecule has 0 bridgehead atoms. The lowest BCUT2D eigenvalue weighted by Gasteiger charge is -2.00. The molecule has 8 nitrogen and oxygen atoms in total. The quantitative estimate of drug-likeness (QED) is 0.545. The van der Waals surface area contributed by atoms with Crippen molar-refractivity contribution in [2.45, 2.75) is 6.18 Å². The lowest BCUT2D eigenvalue weighted by Crippen LogP contribution is -2.07. The van der Waals surface area contributed by atoms with Crippen LogP contribution in [0.15, 0.2) is 24.8 Å². The van der Waals surface area contributed by atoms with Crippen LogP contribution in [0.25, 0.3) is 28.6 Å². The average Bonchev–Trinajstić information content (AvgIpc) is 3.24. The summed E-state index contributed by atoms with van der Waals surface area (Å²) in [5, 5.41) is 11.7. The van der Waals surface area contributed by atoms with Crippen molar-refractivity contribution in [2.75, 3.05) is 0 Å². The van der Waals surface area contributed by atoms with Crippen LogP contribution >= 0.6 is 0 Å². The molecule has 4 rings (SSSR count). The van der Waals surface area contributed by atoms with Gasteiger partial charge in [-0.1, -0.05) is 0 Å². The molecule has 0 aliphatic rings. The van der Waals surface area contributed by atoms with Gasteiger partial charge in [-0.25, -0.2) is 19.3 Å². The van der Waals surface area contributed by atoms with E-state index >= 15 is 0 Å². The molecule has 0 atom stereocenters. The highest BCUT2D eigenvalue weighted by Gasteiger charge is 2.36. The maximum absolute atomic E-state index is 13.5. The minimum absolute atomic E-state index is 0.0150. The van der Waals surface area contributed by atoms with Crippen LogP contribution in [-0.4, -0.2) is 39.7 Å². The Kier molecular flexibility index (Phi) is 2.88. The molecule has 0 saturated heterocycles. The number of aromatic nitrogens is 8. The minimum atomic E-state index is -4.68. The summed E-state index contributed by atoms with van der Waals surface area (Å²) >= 11 is 0. The maximum atomic E-state index is 13.5. The number of nitrogens with one attached hydrogen (secondary N) is 2. The van der Waals surface area contributed by atoms with Gasteiger partial charge in [0.05, 0.1) is 18.1 Å². The Hall–Kier alpha value is -3.31. The number of halogens is 4. The van der Waals surface area contributed by atoms with Gasteiger partial charge in [-0.05, 0) is 0 Å². The number of alkyl halides is 3. The predicted molar refractivity (Wildman–Crippen MR) is 70.9 cm³/mol. The third-order valence-electron chi connectivity index (χ3n) is 3.19. The minimum Gasteiger partial charge on any atom is -0.285 e. The van der Waals surface area contributed by atoms with Gasteiger partial charge in [-0.3, -0.25) is 14.6 Å². The SMILES string of the molecule is Fc1cnc2nc(-c3n[nH]c(C(F)(F)F)n3)c(-c3cn[nH]c3)n2c1. The van der Waals surface area contributed by atoms with E-state index in [0.29, 0.717) is 5.56 Å². The van der Waals surface area contributed by atoms with Gasteiger partial charge in [0.15, 0.2) is 5.82 Å². The number of fused-ring (bicyclic) bond motifs is 1. The Bertz CT molecular complexity index is 1010. The molecular weight excluding hydrogens is 332 g/mol. The highest BCUT2D eigenvalue weighted by atomic mass is 19.4. The number of hydrogen-bond donors (Lipinski definition) is 2. The molecule has 0 amide bonds. The second kappa shape index (κ2) is 4.84. The fourth-order valence-electron chi connectivity index (χ4n) is 2.22. The van der Waals surface area contributed by atoms with Gasteiger partial charge in [0.25, 0.3) is 0 Å². The molecule has 0 saturated carbocycles. The number of imidazole rings is 1. The van der Waals surface area contributed by atoms with Gasteiger partial charge in [-0.2, -0.15) is 23.4 Å². The molecular formula is C12H6F4N8. The summed E-state index contributed by atoms with van der Waals surface area (Å²) < 4.78 is 52.9. The van der Waals surface area contributed by atoms with Crippen molar-refractivity contribution in [1.82, 2.24) is 39.7 Å². The highest BCUT2D eigenvalue weighted by molar-refractivity contribution is 5.77. The first-order valence-corrected chi connectivity index (χ1v) is 6.46. The van der Waals surface area contributed by atoms with Crippen molar-refractivity contribution >= 4 is 5.78 Å². The Morgan fingerprint density at radius 1 is 1.12 bits per heavy atom. The summed E-state index contributed by atoms with van der Waals surface area (Å²) in [7, 11) is 0. The molecule has 12 heteroatoms. The van der Waals surface area contributed by atoms with E-state index in [2.05, 4.69) is 30.2 Å². The molecule has 4 aromatic rings. The van der Waals surface area contributed by atoms with Crippen LogP contribution in [0.4, 0.5) is 17.6 Å². The van der Waals surface area contributed by atoms with Crippen molar-refractivity contribution in [3.8, 4) is 22.8 Å². The molecule has 0 aromatic carbocycles. The van der Waals surface area contributed by atoms with Crippen LogP contribution in [0.1, 0.15) is 5.82 Å². The van der Waals surface area contributed by atoms with Crippen LogP contribution in [0, 0.1) is 5.82 Å². The fourth-order valence-corrected chi connectivity index (χ4v) is 2.22. The monoisotopic (exact) mass is 338 g/mol.